The highest BCUT2D eigenvalue weighted by Crippen LogP contribution is 2.17. The van der Waals surface area contributed by atoms with E-state index in [0.717, 1.165) is 18.5 Å². The molecular weight excluding hydrogens is 212 g/mol. The predicted molar refractivity (Wildman–Crippen MR) is 68.6 cm³/mol. The van der Waals surface area contributed by atoms with Crippen molar-refractivity contribution >= 4 is 5.91 Å². The number of hydrogen-bond donors (Lipinski definition) is 2. The fourth-order valence-corrected chi connectivity index (χ4v) is 2.31. The first kappa shape index (κ1) is 12.1. The van der Waals surface area contributed by atoms with E-state index in [0.29, 0.717) is 5.92 Å². The van der Waals surface area contributed by atoms with Gasteiger partial charge in [0.1, 0.15) is 0 Å². The molecule has 0 aliphatic carbocycles. The number of amides is 1. The molecule has 0 bridgehead atoms. The largest absolute Gasteiger partial charge is 0.348 e. The van der Waals surface area contributed by atoms with Gasteiger partial charge in [-0.2, -0.15) is 0 Å². The lowest BCUT2D eigenvalue weighted by molar-refractivity contribution is -0.124. The standard InChI is InChI=1S/C14H20N2O/c1-10-8-9-15-13(10)14(17)16-11(2)12-6-4-3-5-7-12/h3-7,10-11,13,15H,8-9H2,1-2H3,(H,16,17)/t10?,11-,13?/m1/s1. The number of hydrogen-bond acceptors (Lipinski definition) is 2. The highest BCUT2D eigenvalue weighted by atomic mass is 16.2. The average Bonchev–Trinajstić information content (AvgIpc) is 2.76. The maximum absolute atomic E-state index is 12.1. The van der Waals surface area contributed by atoms with E-state index in [2.05, 4.69) is 17.6 Å². The highest BCUT2D eigenvalue weighted by molar-refractivity contribution is 5.82. The number of nitrogens with one attached hydrogen (secondary N) is 2. The minimum absolute atomic E-state index is 0.0267. The Morgan fingerprint density at radius 3 is 2.71 bits per heavy atom. The lowest BCUT2D eigenvalue weighted by Gasteiger charge is -2.20. The molecule has 2 unspecified atom stereocenters. The molecule has 1 aliphatic rings. The molecule has 0 spiro atoms. The molecular formula is C14H20N2O. The summed E-state index contributed by atoms with van der Waals surface area (Å²) in [5.74, 6) is 0.546. The molecule has 3 atom stereocenters. The van der Waals surface area contributed by atoms with Crippen molar-refractivity contribution in [1.29, 1.82) is 0 Å². The zero-order chi connectivity index (χ0) is 12.3. The van der Waals surface area contributed by atoms with Crippen LogP contribution in [-0.4, -0.2) is 18.5 Å². The Morgan fingerprint density at radius 2 is 2.12 bits per heavy atom. The van der Waals surface area contributed by atoms with E-state index < -0.39 is 0 Å². The van der Waals surface area contributed by atoms with Gasteiger partial charge >= 0.3 is 0 Å². The minimum atomic E-state index is -0.0267. The van der Waals surface area contributed by atoms with E-state index in [1.165, 1.54) is 0 Å². The predicted octanol–water partition coefficient (Wildman–Crippen LogP) is 1.86. The lowest BCUT2D eigenvalue weighted by atomic mass is 10.0. The summed E-state index contributed by atoms with van der Waals surface area (Å²) < 4.78 is 0. The molecule has 1 heterocycles. The van der Waals surface area contributed by atoms with Crippen LogP contribution in [0.15, 0.2) is 30.3 Å². The van der Waals surface area contributed by atoms with Crippen LogP contribution in [0.2, 0.25) is 0 Å². The molecule has 1 aliphatic heterocycles. The lowest BCUT2D eigenvalue weighted by Crippen LogP contribution is -2.44. The molecule has 1 fully saturated rings. The van der Waals surface area contributed by atoms with Crippen LogP contribution < -0.4 is 10.6 Å². The van der Waals surface area contributed by atoms with E-state index >= 15 is 0 Å². The Kier molecular flexibility index (Phi) is 3.79. The van der Waals surface area contributed by atoms with E-state index in [1.54, 1.807) is 0 Å². The minimum Gasteiger partial charge on any atom is -0.348 e. The summed E-state index contributed by atoms with van der Waals surface area (Å²) in [4.78, 5) is 12.1. The van der Waals surface area contributed by atoms with Gasteiger partial charge < -0.3 is 10.6 Å². The maximum Gasteiger partial charge on any atom is 0.237 e. The molecule has 0 aromatic heterocycles. The monoisotopic (exact) mass is 232 g/mol. The van der Waals surface area contributed by atoms with E-state index in [-0.39, 0.29) is 18.0 Å². The first-order valence-electron chi connectivity index (χ1n) is 6.27. The average molecular weight is 232 g/mol. The molecule has 1 amide bonds. The topological polar surface area (TPSA) is 41.1 Å². The smallest absolute Gasteiger partial charge is 0.237 e. The van der Waals surface area contributed by atoms with Crippen molar-refractivity contribution in [3.63, 3.8) is 0 Å². The van der Waals surface area contributed by atoms with Gasteiger partial charge in [0.2, 0.25) is 5.91 Å². The van der Waals surface area contributed by atoms with Crippen molar-refractivity contribution in [3.05, 3.63) is 35.9 Å². The first-order valence-corrected chi connectivity index (χ1v) is 6.27. The van der Waals surface area contributed by atoms with Crippen LogP contribution in [0.5, 0.6) is 0 Å². The summed E-state index contributed by atoms with van der Waals surface area (Å²) >= 11 is 0. The van der Waals surface area contributed by atoms with Crippen LogP contribution in [0, 0.1) is 5.92 Å². The third kappa shape index (κ3) is 2.86. The van der Waals surface area contributed by atoms with Crippen molar-refractivity contribution in [3.8, 4) is 0 Å². The van der Waals surface area contributed by atoms with E-state index in [4.69, 9.17) is 0 Å². The second-order valence-corrected chi connectivity index (χ2v) is 4.84. The van der Waals surface area contributed by atoms with Crippen molar-refractivity contribution in [2.24, 2.45) is 5.92 Å². The van der Waals surface area contributed by atoms with Crippen molar-refractivity contribution in [1.82, 2.24) is 10.6 Å². The fourth-order valence-electron chi connectivity index (χ4n) is 2.31. The SMILES string of the molecule is CC1CCNC1C(=O)N[C@H](C)c1ccccc1. The normalized spacial score (nSPS) is 25.5. The van der Waals surface area contributed by atoms with Gasteiger partial charge in [-0.3, -0.25) is 4.79 Å². The van der Waals surface area contributed by atoms with Gasteiger partial charge in [-0.25, -0.2) is 0 Å². The third-order valence-electron chi connectivity index (χ3n) is 3.47. The fraction of sp³-hybridized carbons (Fsp3) is 0.500. The molecule has 1 aromatic rings. The van der Waals surface area contributed by atoms with Crippen molar-refractivity contribution in [2.45, 2.75) is 32.4 Å². The summed E-state index contributed by atoms with van der Waals surface area (Å²) in [6.45, 7) is 5.09. The van der Waals surface area contributed by atoms with Gasteiger partial charge in [0, 0.05) is 0 Å². The molecule has 3 heteroatoms. The third-order valence-corrected chi connectivity index (χ3v) is 3.47. The number of carbonyl (C=O) groups is 1. The first-order chi connectivity index (χ1) is 8.18. The molecule has 2 N–H and O–H groups in total. The van der Waals surface area contributed by atoms with Crippen LogP contribution in [-0.2, 0) is 4.79 Å². The van der Waals surface area contributed by atoms with Gasteiger partial charge in [-0.05, 0) is 31.4 Å². The molecule has 1 saturated heterocycles. The van der Waals surface area contributed by atoms with Crippen molar-refractivity contribution < 1.29 is 4.79 Å². The van der Waals surface area contributed by atoms with Gasteiger partial charge in [0.25, 0.3) is 0 Å². The second kappa shape index (κ2) is 5.32. The van der Waals surface area contributed by atoms with Gasteiger partial charge in [0.05, 0.1) is 12.1 Å². The van der Waals surface area contributed by atoms with Crippen LogP contribution >= 0.6 is 0 Å². The quantitative estimate of drug-likeness (QED) is 0.835. The van der Waals surface area contributed by atoms with Crippen molar-refractivity contribution in [2.75, 3.05) is 6.54 Å². The summed E-state index contributed by atoms with van der Waals surface area (Å²) in [6, 6.07) is 10.1. The van der Waals surface area contributed by atoms with E-state index in [1.807, 2.05) is 37.3 Å². The van der Waals surface area contributed by atoms with Gasteiger partial charge in [-0.15, -0.1) is 0 Å². The number of benzene rings is 1. The molecule has 0 saturated carbocycles. The zero-order valence-electron chi connectivity index (χ0n) is 10.4. The van der Waals surface area contributed by atoms with Crippen LogP contribution in [0.3, 0.4) is 0 Å². The molecule has 0 radical (unpaired) electrons. The van der Waals surface area contributed by atoms with Crippen LogP contribution in [0.25, 0.3) is 0 Å². The summed E-state index contributed by atoms with van der Waals surface area (Å²) in [5, 5.41) is 6.32. The van der Waals surface area contributed by atoms with Gasteiger partial charge in [-0.1, -0.05) is 37.3 Å². The van der Waals surface area contributed by atoms with E-state index in [9.17, 15) is 4.79 Å². The van der Waals surface area contributed by atoms with Gasteiger partial charge in [0.15, 0.2) is 0 Å². The summed E-state index contributed by atoms with van der Waals surface area (Å²) in [7, 11) is 0. The highest BCUT2D eigenvalue weighted by Gasteiger charge is 2.29. The Hall–Kier alpha value is -1.35. The van der Waals surface area contributed by atoms with Crippen LogP contribution in [0.4, 0.5) is 0 Å². The zero-order valence-corrected chi connectivity index (χ0v) is 10.4. The molecule has 17 heavy (non-hydrogen) atoms. The number of rotatable bonds is 3. The molecule has 1 aromatic carbocycles. The molecule has 2 rings (SSSR count). The summed E-state index contributed by atoms with van der Waals surface area (Å²) in [6.07, 6.45) is 1.08. The Morgan fingerprint density at radius 1 is 1.41 bits per heavy atom. The Bertz CT molecular complexity index is 377. The Balaban J connectivity index is 1.95. The maximum atomic E-state index is 12.1. The Labute approximate surface area is 103 Å². The number of carbonyl (C=O) groups excluding carboxylic acids is 1. The molecule has 92 valence electrons. The summed E-state index contributed by atoms with van der Waals surface area (Å²) in [5.41, 5.74) is 1.14. The second-order valence-electron chi connectivity index (χ2n) is 4.84. The molecule has 3 nitrogen and oxygen atoms in total. The van der Waals surface area contributed by atoms with Crippen LogP contribution in [0.1, 0.15) is 31.9 Å².